The topological polar surface area (TPSA) is 55.2 Å². The van der Waals surface area contributed by atoms with Crippen molar-refractivity contribution < 1.29 is 9.31 Å². The largest absolute Gasteiger partial charge is 0.377 e. The predicted molar refractivity (Wildman–Crippen MR) is 65.7 cm³/mol. The van der Waals surface area contributed by atoms with E-state index in [1.54, 1.807) is 13.0 Å². The predicted octanol–water partition coefficient (Wildman–Crippen LogP) is 3.42. The molecule has 1 N–H and O–H groups in total. The van der Waals surface area contributed by atoms with Crippen LogP contribution in [0.25, 0.3) is 0 Å². The number of anilines is 1. The Balaban J connectivity index is 3.08. The first-order chi connectivity index (χ1) is 7.95. The molecule has 17 heavy (non-hydrogen) atoms. The maximum atomic E-state index is 13.3. The van der Waals surface area contributed by atoms with Crippen LogP contribution in [0.3, 0.4) is 0 Å². The van der Waals surface area contributed by atoms with Crippen LogP contribution in [0.5, 0.6) is 0 Å². The minimum Gasteiger partial charge on any atom is -0.377 e. The molecule has 0 heterocycles. The highest BCUT2D eigenvalue weighted by atomic mass is 19.1. The Morgan fingerprint density at radius 3 is 2.82 bits per heavy atom. The lowest BCUT2D eigenvalue weighted by atomic mass is 10.1. The van der Waals surface area contributed by atoms with Gasteiger partial charge in [-0.3, -0.25) is 10.1 Å². The van der Waals surface area contributed by atoms with Crippen molar-refractivity contribution in [3.63, 3.8) is 0 Å². The summed E-state index contributed by atoms with van der Waals surface area (Å²) in [4.78, 5) is 10.2. The Morgan fingerprint density at radius 2 is 2.29 bits per heavy atom. The van der Waals surface area contributed by atoms with Gasteiger partial charge < -0.3 is 5.32 Å². The van der Waals surface area contributed by atoms with Gasteiger partial charge in [-0.15, -0.1) is 6.58 Å². The van der Waals surface area contributed by atoms with Gasteiger partial charge in [0.15, 0.2) is 0 Å². The SMILES string of the molecule is C=CCC(C)Nc1cc(C)c(F)cc1[N+](=O)[O-]. The zero-order chi connectivity index (χ0) is 13.0. The molecule has 5 heteroatoms. The summed E-state index contributed by atoms with van der Waals surface area (Å²) in [7, 11) is 0. The van der Waals surface area contributed by atoms with Crippen LogP contribution >= 0.6 is 0 Å². The molecule has 1 unspecified atom stereocenters. The summed E-state index contributed by atoms with van der Waals surface area (Å²) in [5.41, 5.74) is 0.469. The molecule has 1 aromatic carbocycles. The molecule has 4 nitrogen and oxygen atoms in total. The molecule has 0 saturated heterocycles. The van der Waals surface area contributed by atoms with Crippen molar-refractivity contribution in [2.45, 2.75) is 26.3 Å². The van der Waals surface area contributed by atoms with E-state index in [1.165, 1.54) is 6.07 Å². The maximum absolute atomic E-state index is 13.3. The van der Waals surface area contributed by atoms with Crippen LogP contribution in [0.15, 0.2) is 24.8 Å². The second-order valence-electron chi connectivity index (χ2n) is 3.95. The summed E-state index contributed by atoms with van der Waals surface area (Å²) in [6.45, 7) is 7.05. The average molecular weight is 238 g/mol. The van der Waals surface area contributed by atoms with Crippen molar-refractivity contribution >= 4 is 11.4 Å². The quantitative estimate of drug-likeness (QED) is 0.485. The number of nitrogens with one attached hydrogen (secondary N) is 1. The summed E-state index contributed by atoms with van der Waals surface area (Å²) >= 11 is 0. The number of nitro benzene ring substituents is 1. The highest BCUT2D eigenvalue weighted by Gasteiger charge is 2.17. The van der Waals surface area contributed by atoms with Gasteiger partial charge in [-0.2, -0.15) is 0 Å². The molecule has 0 radical (unpaired) electrons. The third kappa shape index (κ3) is 3.27. The Labute approximate surface area is 99.3 Å². The van der Waals surface area contributed by atoms with Gasteiger partial charge in [0.2, 0.25) is 0 Å². The van der Waals surface area contributed by atoms with E-state index in [0.29, 0.717) is 17.7 Å². The summed E-state index contributed by atoms with van der Waals surface area (Å²) < 4.78 is 13.3. The van der Waals surface area contributed by atoms with E-state index < -0.39 is 10.7 Å². The number of hydrogen-bond acceptors (Lipinski definition) is 3. The van der Waals surface area contributed by atoms with Gasteiger partial charge in [-0.25, -0.2) is 4.39 Å². The van der Waals surface area contributed by atoms with Crippen molar-refractivity contribution in [2.24, 2.45) is 0 Å². The molecule has 0 aliphatic heterocycles. The number of halogens is 1. The van der Waals surface area contributed by atoms with Crippen LogP contribution in [0.4, 0.5) is 15.8 Å². The zero-order valence-corrected chi connectivity index (χ0v) is 9.87. The number of aryl methyl sites for hydroxylation is 1. The van der Waals surface area contributed by atoms with Crippen molar-refractivity contribution in [1.82, 2.24) is 0 Å². The van der Waals surface area contributed by atoms with Crippen LogP contribution in [0.2, 0.25) is 0 Å². The Morgan fingerprint density at radius 1 is 1.65 bits per heavy atom. The van der Waals surface area contributed by atoms with Gasteiger partial charge >= 0.3 is 0 Å². The Kier molecular flexibility index (Phi) is 4.20. The fraction of sp³-hybridized carbons (Fsp3) is 0.333. The lowest BCUT2D eigenvalue weighted by Gasteiger charge is -2.14. The highest BCUT2D eigenvalue weighted by molar-refractivity contribution is 5.63. The van der Waals surface area contributed by atoms with E-state index in [1.807, 2.05) is 6.92 Å². The van der Waals surface area contributed by atoms with Crippen LogP contribution in [-0.2, 0) is 0 Å². The minimum atomic E-state index is -0.592. The minimum absolute atomic E-state index is 0.0102. The van der Waals surface area contributed by atoms with E-state index in [4.69, 9.17) is 0 Å². The standard InChI is InChI=1S/C12H15FN2O2/c1-4-5-9(3)14-11-6-8(2)10(13)7-12(11)15(16)17/h4,6-7,9,14H,1,5H2,2-3H3. The molecule has 1 atom stereocenters. The first kappa shape index (κ1) is 13.2. The normalized spacial score (nSPS) is 11.9. The second-order valence-corrected chi connectivity index (χ2v) is 3.95. The summed E-state index contributed by atoms with van der Waals surface area (Å²) in [6.07, 6.45) is 2.40. The van der Waals surface area contributed by atoms with E-state index >= 15 is 0 Å². The molecule has 92 valence electrons. The first-order valence-electron chi connectivity index (χ1n) is 5.27. The van der Waals surface area contributed by atoms with Crippen LogP contribution in [0.1, 0.15) is 18.9 Å². The molecular formula is C12H15FN2O2. The molecule has 0 aliphatic carbocycles. The molecule has 1 rings (SSSR count). The second kappa shape index (κ2) is 5.43. The van der Waals surface area contributed by atoms with E-state index in [2.05, 4.69) is 11.9 Å². The fourth-order valence-corrected chi connectivity index (χ4v) is 1.51. The number of benzene rings is 1. The number of nitrogens with zero attached hydrogens (tertiary/aromatic N) is 1. The van der Waals surface area contributed by atoms with Crippen LogP contribution in [0, 0.1) is 22.9 Å². The first-order valence-corrected chi connectivity index (χ1v) is 5.27. The maximum Gasteiger partial charge on any atom is 0.295 e. The highest BCUT2D eigenvalue weighted by Crippen LogP contribution is 2.28. The number of rotatable bonds is 5. The Hall–Kier alpha value is -1.91. The van der Waals surface area contributed by atoms with Crippen molar-refractivity contribution in [2.75, 3.05) is 5.32 Å². The molecule has 0 fully saturated rings. The van der Waals surface area contributed by atoms with Gasteiger partial charge in [0.05, 0.1) is 11.0 Å². The lowest BCUT2D eigenvalue weighted by molar-refractivity contribution is -0.384. The fourth-order valence-electron chi connectivity index (χ4n) is 1.51. The molecule has 0 amide bonds. The molecule has 0 bridgehead atoms. The summed E-state index contributed by atoms with van der Waals surface area (Å²) in [5, 5.41) is 13.8. The zero-order valence-electron chi connectivity index (χ0n) is 9.87. The average Bonchev–Trinajstić information content (AvgIpc) is 2.23. The van der Waals surface area contributed by atoms with E-state index in [9.17, 15) is 14.5 Å². The monoisotopic (exact) mass is 238 g/mol. The van der Waals surface area contributed by atoms with Gasteiger partial charge in [-0.05, 0) is 31.9 Å². The molecule has 0 aromatic heterocycles. The molecule has 0 aliphatic rings. The van der Waals surface area contributed by atoms with Crippen molar-refractivity contribution in [3.8, 4) is 0 Å². The molecule has 0 saturated carbocycles. The third-order valence-corrected chi connectivity index (χ3v) is 2.40. The van der Waals surface area contributed by atoms with Crippen molar-refractivity contribution in [3.05, 3.63) is 46.3 Å². The third-order valence-electron chi connectivity index (χ3n) is 2.40. The van der Waals surface area contributed by atoms with Crippen LogP contribution < -0.4 is 5.32 Å². The summed E-state index contributed by atoms with van der Waals surface area (Å²) in [5.74, 6) is -0.571. The van der Waals surface area contributed by atoms with Crippen LogP contribution in [-0.4, -0.2) is 11.0 Å². The smallest absolute Gasteiger partial charge is 0.295 e. The molecule has 0 spiro atoms. The molecular weight excluding hydrogens is 223 g/mol. The van der Waals surface area contributed by atoms with Gasteiger partial charge in [0, 0.05) is 6.04 Å². The van der Waals surface area contributed by atoms with Gasteiger partial charge in [-0.1, -0.05) is 6.08 Å². The van der Waals surface area contributed by atoms with E-state index in [0.717, 1.165) is 6.07 Å². The van der Waals surface area contributed by atoms with Crippen molar-refractivity contribution in [1.29, 1.82) is 0 Å². The van der Waals surface area contributed by atoms with Gasteiger partial charge in [0.1, 0.15) is 11.5 Å². The Bertz CT molecular complexity index is 446. The van der Waals surface area contributed by atoms with E-state index in [-0.39, 0.29) is 11.7 Å². The number of nitro groups is 1. The number of hydrogen-bond donors (Lipinski definition) is 1. The van der Waals surface area contributed by atoms with Gasteiger partial charge in [0.25, 0.3) is 5.69 Å². The lowest BCUT2D eigenvalue weighted by Crippen LogP contribution is -2.15. The summed E-state index contributed by atoms with van der Waals surface area (Å²) in [6, 6.07) is 2.40. The molecule has 1 aromatic rings.